The first-order valence-corrected chi connectivity index (χ1v) is 6.25. The zero-order valence-corrected chi connectivity index (χ0v) is 10.8. The summed E-state index contributed by atoms with van der Waals surface area (Å²) in [6, 6.07) is 2.07. The first-order valence-electron chi connectivity index (χ1n) is 5.87. The van der Waals surface area contributed by atoms with Crippen LogP contribution in [0, 0.1) is 11.3 Å². The van der Waals surface area contributed by atoms with Gasteiger partial charge in [-0.15, -0.1) is 0 Å². The van der Waals surface area contributed by atoms with Gasteiger partial charge in [0.15, 0.2) is 17.0 Å². The number of hydrogen-bond acceptors (Lipinski definition) is 6. The van der Waals surface area contributed by atoms with E-state index in [1.807, 2.05) is 0 Å². The van der Waals surface area contributed by atoms with Crippen molar-refractivity contribution in [1.29, 1.82) is 5.26 Å². The monoisotopic (exact) mass is 278 g/mol. The predicted octanol–water partition coefficient (Wildman–Crippen LogP) is 0.840. The van der Waals surface area contributed by atoms with Gasteiger partial charge in [0.2, 0.25) is 5.28 Å². The largest absolute Gasteiger partial charge is 0.378 e. The van der Waals surface area contributed by atoms with Crippen molar-refractivity contribution in [2.24, 2.45) is 0 Å². The van der Waals surface area contributed by atoms with Crippen LogP contribution >= 0.6 is 11.6 Å². The van der Waals surface area contributed by atoms with Crippen LogP contribution in [0.15, 0.2) is 6.33 Å². The topological polar surface area (TPSA) is 79.9 Å². The second-order valence-electron chi connectivity index (χ2n) is 4.12. The number of nitrogens with zero attached hydrogens (tertiary/aromatic N) is 6. The molecule has 3 heterocycles. The predicted molar refractivity (Wildman–Crippen MR) is 69.0 cm³/mol. The third-order valence-electron chi connectivity index (χ3n) is 2.97. The van der Waals surface area contributed by atoms with Crippen LogP contribution in [-0.4, -0.2) is 45.8 Å². The van der Waals surface area contributed by atoms with Gasteiger partial charge in [-0.05, 0) is 11.6 Å². The molecular formula is C11H11ClN6O. The van der Waals surface area contributed by atoms with Crippen molar-refractivity contribution in [2.45, 2.75) is 6.54 Å². The summed E-state index contributed by atoms with van der Waals surface area (Å²) in [6.45, 7) is 2.98. The Balaban J connectivity index is 2.10. The standard InChI is InChI=1S/C11H11ClN6O/c12-11-15-9(17-3-5-19-6-4-17)8-10(16-11)18(2-1-13)7-14-8/h7H,2-6H2. The van der Waals surface area contributed by atoms with Crippen LogP contribution in [0.5, 0.6) is 0 Å². The average molecular weight is 279 g/mol. The van der Waals surface area contributed by atoms with E-state index in [-0.39, 0.29) is 11.8 Å². The Morgan fingerprint density at radius 2 is 2.16 bits per heavy atom. The van der Waals surface area contributed by atoms with E-state index in [9.17, 15) is 0 Å². The Labute approximate surface area is 114 Å². The summed E-state index contributed by atoms with van der Waals surface area (Å²) < 4.78 is 6.98. The molecule has 0 saturated carbocycles. The van der Waals surface area contributed by atoms with Crippen LogP contribution in [0.2, 0.25) is 5.28 Å². The molecule has 0 amide bonds. The van der Waals surface area contributed by atoms with Gasteiger partial charge < -0.3 is 14.2 Å². The van der Waals surface area contributed by atoms with Crippen LogP contribution in [-0.2, 0) is 11.3 Å². The highest BCUT2D eigenvalue weighted by molar-refractivity contribution is 6.28. The minimum absolute atomic E-state index is 0.161. The minimum atomic E-state index is 0.161. The highest BCUT2D eigenvalue weighted by atomic mass is 35.5. The summed E-state index contributed by atoms with van der Waals surface area (Å²) in [4.78, 5) is 14.8. The SMILES string of the molecule is N#CCn1cnc2c(N3CCOCC3)nc(Cl)nc21. The first-order chi connectivity index (χ1) is 9.29. The number of anilines is 1. The maximum atomic E-state index is 8.78. The van der Waals surface area contributed by atoms with Crippen molar-refractivity contribution in [3.8, 4) is 6.07 Å². The molecule has 2 aromatic heterocycles. The van der Waals surface area contributed by atoms with Gasteiger partial charge in [-0.1, -0.05) is 0 Å². The number of rotatable bonds is 2. The van der Waals surface area contributed by atoms with E-state index in [0.29, 0.717) is 30.2 Å². The molecule has 0 unspecified atom stereocenters. The number of morpholine rings is 1. The van der Waals surface area contributed by atoms with E-state index in [1.165, 1.54) is 0 Å². The Kier molecular flexibility index (Phi) is 3.19. The second kappa shape index (κ2) is 4.99. The Hall–Kier alpha value is -1.91. The molecule has 1 fully saturated rings. The molecule has 7 nitrogen and oxygen atoms in total. The molecule has 0 aromatic carbocycles. The number of imidazole rings is 1. The number of ether oxygens (including phenoxy) is 1. The molecule has 0 N–H and O–H groups in total. The lowest BCUT2D eigenvalue weighted by atomic mass is 10.4. The molecule has 1 saturated heterocycles. The average Bonchev–Trinajstić information content (AvgIpc) is 2.83. The summed E-state index contributed by atoms with van der Waals surface area (Å²) in [5, 5.41) is 8.94. The van der Waals surface area contributed by atoms with Crippen molar-refractivity contribution in [3.63, 3.8) is 0 Å². The molecule has 8 heteroatoms. The van der Waals surface area contributed by atoms with Crippen LogP contribution < -0.4 is 4.90 Å². The van der Waals surface area contributed by atoms with Gasteiger partial charge in [0.25, 0.3) is 0 Å². The van der Waals surface area contributed by atoms with Gasteiger partial charge in [0.1, 0.15) is 6.54 Å². The van der Waals surface area contributed by atoms with Gasteiger partial charge in [-0.2, -0.15) is 15.2 Å². The van der Waals surface area contributed by atoms with Gasteiger partial charge in [-0.3, -0.25) is 0 Å². The maximum Gasteiger partial charge on any atom is 0.226 e. The molecule has 0 aliphatic carbocycles. The van der Waals surface area contributed by atoms with Crippen LogP contribution in [0.25, 0.3) is 11.2 Å². The van der Waals surface area contributed by atoms with Crippen molar-refractivity contribution in [1.82, 2.24) is 19.5 Å². The fraction of sp³-hybridized carbons (Fsp3) is 0.455. The van der Waals surface area contributed by atoms with E-state index in [1.54, 1.807) is 10.9 Å². The first kappa shape index (κ1) is 12.1. The Morgan fingerprint density at radius 3 is 2.89 bits per heavy atom. The molecule has 1 aliphatic rings. The van der Waals surface area contributed by atoms with E-state index in [2.05, 4.69) is 25.9 Å². The number of nitriles is 1. The Bertz CT molecular complexity index is 642. The zero-order valence-electron chi connectivity index (χ0n) is 10.1. The number of aromatic nitrogens is 4. The van der Waals surface area contributed by atoms with Crippen molar-refractivity contribution >= 4 is 28.6 Å². The molecule has 19 heavy (non-hydrogen) atoms. The second-order valence-corrected chi connectivity index (χ2v) is 4.46. The molecule has 0 spiro atoms. The molecule has 0 bridgehead atoms. The summed E-state index contributed by atoms with van der Waals surface area (Å²) in [7, 11) is 0. The molecular weight excluding hydrogens is 268 g/mol. The minimum Gasteiger partial charge on any atom is -0.378 e. The lowest BCUT2D eigenvalue weighted by Gasteiger charge is -2.27. The summed E-state index contributed by atoms with van der Waals surface area (Å²) >= 11 is 5.97. The molecule has 0 radical (unpaired) electrons. The van der Waals surface area contributed by atoms with Gasteiger partial charge in [0.05, 0.1) is 25.6 Å². The quantitative estimate of drug-likeness (QED) is 0.758. The third kappa shape index (κ3) is 2.20. The van der Waals surface area contributed by atoms with E-state index < -0.39 is 0 Å². The summed E-state index contributed by atoms with van der Waals surface area (Å²) in [6.07, 6.45) is 1.59. The molecule has 0 atom stereocenters. The molecule has 98 valence electrons. The van der Waals surface area contributed by atoms with E-state index in [4.69, 9.17) is 21.6 Å². The lowest BCUT2D eigenvalue weighted by Crippen LogP contribution is -2.37. The fourth-order valence-corrected chi connectivity index (χ4v) is 2.25. The normalized spacial score (nSPS) is 15.7. The van der Waals surface area contributed by atoms with Crippen molar-refractivity contribution in [3.05, 3.63) is 11.6 Å². The van der Waals surface area contributed by atoms with Gasteiger partial charge in [0, 0.05) is 13.1 Å². The molecule has 3 rings (SSSR count). The van der Waals surface area contributed by atoms with Crippen molar-refractivity contribution in [2.75, 3.05) is 31.2 Å². The summed E-state index contributed by atoms with van der Waals surface area (Å²) in [5.41, 5.74) is 1.25. The Morgan fingerprint density at radius 1 is 1.37 bits per heavy atom. The molecule has 2 aromatic rings. The van der Waals surface area contributed by atoms with Gasteiger partial charge >= 0.3 is 0 Å². The highest BCUT2D eigenvalue weighted by Crippen LogP contribution is 2.24. The molecule has 1 aliphatic heterocycles. The van der Waals surface area contributed by atoms with Crippen molar-refractivity contribution < 1.29 is 4.74 Å². The van der Waals surface area contributed by atoms with Crippen LogP contribution in [0.1, 0.15) is 0 Å². The zero-order chi connectivity index (χ0) is 13.2. The van der Waals surface area contributed by atoms with E-state index >= 15 is 0 Å². The number of halogens is 1. The smallest absolute Gasteiger partial charge is 0.226 e. The number of hydrogen-bond donors (Lipinski definition) is 0. The fourth-order valence-electron chi connectivity index (χ4n) is 2.09. The third-order valence-corrected chi connectivity index (χ3v) is 3.14. The van der Waals surface area contributed by atoms with E-state index in [0.717, 1.165) is 13.1 Å². The lowest BCUT2D eigenvalue weighted by molar-refractivity contribution is 0.122. The van der Waals surface area contributed by atoms with Crippen LogP contribution in [0.4, 0.5) is 5.82 Å². The highest BCUT2D eigenvalue weighted by Gasteiger charge is 2.19. The van der Waals surface area contributed by atoms with Gasteiger partial charge in [-0.25, -0.2) is 4.98 Å². The summed E-state index contributed by atoms with van der Waals surface area (Å²) in [5.74, 6) is 0.704. The number of fused-ring (bicyclic) bond motifs is 1. The maximum absolute atomic E-state index is 8.78. The van der Waals surface area contributed by atoms with Crippen LogP contribution in [0.3, 0.4) is 0 Å².